The van der Waals surface area contributed by atoms with Gasteiger partial charge in [0.05, 0.1) is 12.6 Å². The molecule has 0 saturated carbocycles. The Labute approximate surface area is 191 Å². The number of imide groups is 1. The number of benzene rings is 2. The average molecular weight is 450 g/mol. The van der Waals surface area contributed by atoms with Gasteiger partial charge in [-0.25, -0.2) is 4.79 Å². The van der Waals surface area contributed by atoms with E-state index >= 15 is 0 Å². The Morgan fingerprint density at radius 1 is 1.06 bits per heavy atom. The van der Waals surface area contributed by atoms with Crippen molar-refractivity contribution in [2.75, 3.05) is 19.9 Å². The molecule has 2 aromatic carbocycles. The highest BCUT2D eigenvalue weighted by Gasteiger charge is 2.47. The predicted molar refractivity (Wildman–Crippen MR) is 118 cm³/mol. The Balaban J connectivity index is 1.32. The van der Waals surface area contributed by atoms with Gasteiger partial charge in [-0.05, 0) is 42.6 Å². The molecule has 2 saturated heterocycles. The molecule has 3 aliphatic rings. The maximum absolute atomic E-state index is 13.4. The van der Waals surface area contributed by atoms with Crippen molar-refractivity contribution < 1.29 is 23.9 Å². The van der Waals surface area contributed by atoms with E-state index in [0.29, 0.717) is 31.0 Å². The molecule has 9 nitrogen and oxygen atoms in total. The summed E-state index contributed by atoms with van der Waals surface area (Å²) in [5, 5.41) is 6.13. The number of amides is 4. The lowest BCUT2D eigenvalue weighted by molar-refractivity contribution is -0.139. The first-order valence-electron chi connectivity index (χ1n) is 11.1. The van der Waals surface area contributed by atoms with Crippen molar-refractivity contribution in [3.8, 4) is 11.5 Å². The van der Waals surface area contributed by atoms with E-state index in [2.05, 4.69) is 10.6 Å². The van der Waals surface area contributed by atoms with E-state index in [4.69, 9.17) is 9.47 Å². The van der Waals surface area contributed by atoms with Crippen molar-refractivity contribution in [3.05, 3.63) is 59.7 Å². The molecule has 0 spiro atoms. The van der Waals surface area contributed by atoms with E-state index in [1.54, 1.807) is 12.1 Å². The third-order valence-electron chi connectivity index (χ3n) is 6.26. The minimum atomic E-state index is -0.521. The van der Waals surface area contributed by atoms with Crippen LogP contribution in [0.5, 0.6) is 11.5 Å². The molecule has 0 aromatic heterocycles. The Kier molecular flexibility index (Phi) is 5.87. The molecule has 5 rings (SSSR count). The Morgan fingerprint density at radius 3 is 2.73 bits per heavy atom. The van der Waals surface area contributed by atoms with Crippen LogP contribution in [0.15, 0.2) is 48.5 Å². The molecule has 4 amide bonds. The normalized spacial score (nSPS) is 21.7. The minimum Gasteiger partial charge on any atom is -0.454 e. The maximum Gasteiger partial charge on any atom is 0.327 e. The van der Waals surface area contributed by atoms with Crippen LogP contribution in [-0.4, -0.2) is 59.6 Å². The lowest BCUT2D eigenvalue weighted by Gasteiger charge is -2.46. The molecule has 0 radical (unpaired) electrons. The van der Waals surface area contributed by atoms with Gasteiger partial charge >= 0.3 is 6.03 Å². The van der Waals surface area contributed by atoms with Crippen molar-refractivity contribution in [2.24, 2.45) is 0 Å². The van der Waals surface area contributed by atoms with Crippen LogP contribution in [0.1, 0.15) is 24.0 Å². The first kappa shape index (κ1) is 21.3. The van der Waals surface area contributed by atoms with Gasteiger partial charge in [0.2, 0.25) is 18.6 Å². The van der Waals surface area contributed by atoms with E-state index in [-0.39, 0.29) is 37.7 Å². The summed E-state index contributed by atoms with van der Waals surface area (Å²) in [7, 11) is 0. The van der Waals surface area contributed by atoms with Crippen LogP contribution in [0, 0.1) is 0 Å². The molecule has 9 heteroatoms. The summed E-state index contributed by atoms with van der Waals surface area (Å²) >= 11 is 0. The number of carbonyl (C=O) groups excluding carboxylic acids is 3. The Morgan fingerprint density at radius 2 is 1.88 bits per heavy atom. The third kappa shape index (κ3) is 4.36. The highest BCUT2D eigenvalue weighted by Crippen LogP contribution is 2.33. The summed E-state index contributed by atoms with van der Waals surface area (Å²) in [6, 6.07) is 13.6. The average Bonchev–Trinajstić information content (AvgIpc) is 3.32. The Hall–Kier alpha value is -3.59. The van der Waals surface area contributed by atoms with E-state index in [1.807, 2.05) is 36.4 Å². The van der Waals surface area contributed by atoms with Crippen LogP contribution in [0.25, 0.3) is 0 Å². The van der Waals surface area contributed by atoms with Crippen molar-refractivity contribution >= 4 is 17.8 Å². The molecular weight excluding hydrogens is 424 g/mol. The summed E-state index contributed by atoms with van der Waals surface area (Å²) in [6.07, 6.45) is 1.52. The topological polar surface area (TPSA) is 100 Å². The second-order valence-electron chi connectivity index (χ2n) is 8.43. The SMILES string of the molecule is O=C(CN1C(=O)N(Cc2ccc3c(c2)OCO3)C(=O)C2NCCCC21)NCc1ccccc1. The van der Waals surface area contributed by atoms with E-state index in [0.717, 1.165) is 17.5 Å². The number of nitrogens with zero attached hydrogens (tertiary/aromatic N) is 2. The molecule has 2 aromatic rings. The van der Waals surface area contributed by atoms with Crippen molar-refractivity contribution in [3.63, 3.8) is 0 Å². The van der Waals surface area contributed by atoms with E-state index in [1.165, 1.54) is 9.80 Å². The molecule has 3 heterocycles. The number of hydrogen-bond acceptors (Lipinski definition) is 6. The summed E-state index contributed by atoms with van der Waals surface area (Å²) < 4.78 is 10.8. The van der Waals surface area contributed by atoms with E-state index < -0.39 is 12.1 Å². The highest BCUT2D eigenvalue weighted by atomic mass is 16.7. The van der Waals surface area contributed by atoms with Crippen molar-refractivity contribution in [1.29, 1.82) is 0 Å². The number of ether oxygens (including phenoxy) is 2. The van der Waals surface area contributed by atoms with Crippen molar-refractivity contribution in [1.82, 2.24) is 20.4 Å². The molecule has 172 valence electrons. The van der Waals surface area contributed by atoms with Crippen LogP contribution in [0.2, 0.25) is 0 Å². The predicted octanol–water partition coefficient (Wildman–Crippen LogP) is 1.62. The van der Waals surface area contributed by atoms with E-state index in [9.17, 15) is 14.4 Å². The summed E-state index contributed by atoms with van der Waals surface area (Å²) in [5.41, 5.74) is 1.73. The van der Waals surface area contributed by atoms with Crippen LogP contribution < -0.4 is 20.1 Å². The lowest BCUT2D eigenvalue weighted by atomic mass is 9.93. The second kappa shape index (κ2) is 9.11. The monoisotopic (exact) mass is 450 g/mol. The molecule has 2 atom stereocenters. The van der Waals surface area contributed by atoms with Gasteiger partial charge in [-0.1, -0.05) is 36.4 Å². The molecule has 0 aliphatic carbocycles. The molecule has 3 aliphatic heterocycles. The number of carbonyl (C=O) groups is 3. The fraction of sp³-hybridized carbons (Fsp3) is 0.375. The first-order chi connectivity index (χ1) is 16.1. The summed E-state index contributed by atoms with van der Waals surface area (Å²) in [4.78, 5) is 42.1. The van der Waals surface area contributed by atoms with Gasteiger partial charge in [-0.2, -0.15) is 0 Å². The molecule has 2 N–H and O–H groups in total. The third-order valence-corrected chi connectivity index (χ3v) is 6.26. The van der Waals surface area contributed by atoms with Gasteiger partial charge in [-0.3, -0.25) is 14.5 Å². The zero-order valence-electron chi connectivity index (χ0n) is 18.2. The molecule has 2 unspecified atom stereocenters. The number of urea groups is 1. The number of piperidine rings is 1. The number of rotatable bonds is 6. The molecular formula is C24H26N4O5. The van der Waals surface area contributed by atoms with Gasteiger partial charge in [0, 0.05) is 6.54 Å². The van der Waals surface area contributed by atoms with Crippen LogP contribution in [0.4, 0.5) is 4.79 Å². The fourth-order valence-corrected chi connectivity index (χ4v) is 4.58. The van der Waals surface area contributed by atoms with Gasteiger partial charge in [0.25, 0.3) is 0 Å². The smallest absolute Gasteiger partial charge is 0.327 e. The standard InChI is InChI=1S/C24H26N4O5/c29-21(26-12-16-5-2-1-3-6-16)14-27-18-7-4-10-25-22(18)23(30)28(24(27)31)13-17-8-9-19-20(11-17)33-15-32-19/h1-3,5-6,8-9,11,18,22,25H,4,7,10,12-15H2,(H,26,29). The highest BCUT2D eigenvalue weighted by molar-refractivity contribution is 6.01. The Bertz CT molecular complexity index is 1060. The minimum absolute atomic E-state index is 0.0978. The van der Waals surface area contributed by atoms with Crippen LogP contribution in [-0.2, 0) is 22.7 Å². The van der Waals surface area contributed by atoms with Crippen LogP contribution >= 0.6 is 0 Å². The van der Waals surface area contributed by atoms with Gasteiger partial charge < -0.3 is 25.0 Å². The second-order valence-corrected chi connectivity index (χ2v) is 8.43. The van der Waals surface area contributed by atoms with Gasteiger partial charge in [-0.15, -0.1) is 0 Å². The summed E-state index contributed by atoms with van der Waals surface area (Å²) in [6.45, 7) is 1.24. The zero-order chi connectivity index (χ0) is 22.8. The number of hydrogen-bond donors (Lipinski definition) is 2. The maximum atomic E-state index is 13.4. The fourth-order valence-electron chi connectivity index (χ4n) is 4.58. The quantitative estimate of drug-likeness (QED) is 0.694. The van der Waals surface area contributed by atoms with Gasteiger partial charge in [0.1, 0.15) is 12.6 Å². The zero-order valence-corrected chi connectivity index (χ0v) is 18.2. The number of fused-ring (bicyclic) bond motifs is 2. The number of nitrogens with one attached hydrogen (secondary N) is 2. The lowest BCUT2D eigenvalue weighted by Crippen LogP contribution is -2.70. The first-order valence-corrected chi connectivity index (χ1v) is 11.1. The van der Waals surface area contributed by atoms with Gasteiger partial charge in [0.15, 0.2) is 11.5 Å². The molecule has 2 fully saturated rings. The molecule has 0 bridgehead atoms. The van der Waals surface area contributed by atoms with Crippen molar-refractivity contribution in [2.45, 2.75) is 38.0 Å². The van der Waals surface area contributed by atoms with Crippen LogP contribution in [0.3, 0.4) is 0 Å². The summed E-state index contributed by atoms with van der Waals surface area (Å²) in [5.74, 6) is 0.716. The largest absolute Gasteiger partial charge is 0.454 e. The molecule has 33 heavy (non-hydrogen) atoms.